The summed E-state index contributed by atoms with van der Waals surface area (Å²) in [7, 11) is 0. The van der Waals surface area contributed by atoms with Crippen molar-refractivity contribution in [3.8, 4) is 0 Å². The monoisotopic (exact) mass is 265 g/mol. The smallest absolute Gasteiger partial charge is 0.329 e. The van der Waals surface area contributed by atoms with Gasteiger partial charge in [0.1, 0.15) is 6.20 Å². The Bertz CT molecular complexity index is 457. The molecule has 7 nitrogen and oxygen atoms in total. The average molecular weight is 265 g/mol. The van der Waals surface area contributed by atoms with Crippen LogP contribution in [0, 0.1) is 16.0 Å². The minimum Gasteiger partial charge on any atom is -0.368 e. The molecule has 2 heterocycles. The second-order valence-electron chi connectivity index (χ2n) is 4.91. The van der Waals surface area contributed by atoms with E-state index in [0.29, 0.717) is 5.82 Å². The SMILES string of the molecule is CCCC1CCN(c2nc(N)ncc2[N+](=O)[O-])CC1. The maximum Gasteiger partial charge on any atom is 0.329 e. The van der Waals surface area contributed by atoms with Gasteiger partial charge in [-0.2, -0.15) is 4.98 Å². The van der Waals surface area contributed by atoms with Gasteiger partial charge in [-0.25, -0.2) is 4.98 Å². The highest BCUT2D eigenvalue weighted by Gasteiger charge is 2.26. The zero-order valence-electron chi connectivity index (χ0n) is 11.1. The predicted molar refractivity (Wildman–Crippen MR) is 72.9 cm³/mol. The zero-order valence-corrected chi connectivity index (χ0v) is 11.1. The van der Waals surface area contributed by atoms with Crippen LogP contribution in [0.2, 0.25) is 0 Å². The van der Waals surface area contributed by atoms with Crippen molar-refractivity contribution in [2.24, 2.45) is 5.92 Å². The van der Waals surface area contributed by atoms with Gasteiger partial charge in [0, 0.05) is 13.1 Å². The number of nitro groups is 1. The van der Waals surface area contributed by atoms with Crippen LogP contribution in [0.4, 0.5) is 17.5 Å². The maximum absolute atomic E-state index is 11.0. The molecule has 0 spiro atoms. The first kappa shape index (κ1) is 13.5. The van der Waals surface area contributed by atoms with Gasteiger partial charge in [-0.15, -0.1) is 0 Å². The van der Waals surface area contributed by atoms with E-state index in [9.17, 15) is 10.1 Å². The van der Waals surface area contributed by atoms with Crippen molar-refractivity contribution in [3.63, 3.8) is 0 Å². The lowest BCUT2D eigenvalue weighted by atomic mass is 9.92. The molecule has 104 valence electrons. The summed E-state index contributed by atoms with van der Waals surface area (Å²) in [5, 5.41) is 11.0. The van der Waals surface area contributed by atoms with E-state index in [-0.39, 0.29) is 11.6 Å². The summed E-state index contributed by atoms with van der Waals surface area (Å²) < 4.78 is 0. The minimum atomic E-state index is -0.451. The summed E-state index contributed by atoms with van der Waals surface area (Å²) in [6.07, 6.45) is 5.70. The third-order valence-corrected chi connectivity index (χ3v) is 3.58. The summed E-state index contributed by atoms with van der Waals surface area (Å²) in [6, 6.07) is 0. The van der Waals surface area contributed by atoms with Crippen LogP contribution in [0.25, 0.3) is 0 Å². The molecule has 19 heavy (non-hydrogen) atoms. The number of aromatic nitrogens is 2. The number of hydrogen-bond donors (Lipinski definition) is 1. The van der Waals surface area contributed by atoms with E-state index in [0.717, 1.165) is 31.8 Å². The molecule has 1 aromatic rings. The van der Waals surface area contributed by atoms with E-state index >= 15 is 0 Å². The summed E-state index contributed by atoms with van der Waals surface area (Å²) >= 11 is 0. The van der Waals surface area contributed by atoms with Crippen molar-refractivity contribution in [2.45, 2.75) is 32.6 Å². The molecule has 1 aliphatic heterocycles. The molecule has 0 amide bonds. The molecular formula is C12H19N5O2. The van der Waals surface area contributed by atoms with Crippen molar-refractivity contribution in [3.05, 3.63) is 16.3 Å². The van der Waals surface area contributed by atoms with E-state index < -0.39 is 4.92 Å². The van der Waals surface area contributed by atoms with Gasteiger partial charge >= 0.3 is 5.69 Å². The van der Waals surface area contributed by atoms with Crippen molar-refractivity contribution >= 4 is 17.5 Å². The lowest BCUT2D eigenvalue weighted by Crippen LogP contribution is -2.34. The molecule has 0 aliphatic carbocycles. The molecule has 1 saturated heterocycles. The Labute approximate surface area is 112 Å². The van der Waals surface area contributed by atoms with Crippen molar-refractivity contribution < 1.29 is 4.92 Å². The highest BCUT2D eigenvalue weighted by Crippen LogP contribution is 2.30. The number of piperidine rings is 1. The molecule has 0 atom stereocenters. The van der Waals surface area contributed by atoms with Gasteiger partial charge in [0.05, 0.1) is 4.92 Å². The largest absolute Gasteiger partial charge is 0.368 e. The zero-order chi connectivity index (χ0) is 13.8. The third-order valence-electron chi connectivity index (χ3n) is 3.58. The average Bonchev–Trinajstić information content (AvgIpc) is 2.39. The molecule has 0 saturated carbocycles. The first-order valence-electron chi connectivity index (χ1n) is 6.63. The Balaban J connectivity index is 2.14. The number of nitrogens with zero attached hydrogens (tertiary/aromatic N) is 4. The van der Waals surface area contributed by atoms with Crippen LogP contribution in [0.3, 0.4) is 0 Å². The summed E-state index contributed by atoms with van der Waals surface area (Å²) in [4.78, 5) is 20.2. The minimum absolute atomic E-state index is 0.0665. The summed E-state index contributed by atoms with van der Waals surface area (Å²) in [6.45, 7) is 3.77. The standard InChI is InChI=1S/C12H19N5O2/c1-2-3-9-4-6-16(7-5-9)11-10(17(18)19)8-14-12(13)15-11/h8-9H,2-7H2,1H3,(H2,13,14,15). The topological polar surface area (TPSA) is 98.2 Å². The molecule has 1 aliphatic rings. The molecule has 0 radical (unpaired) electrons. The molecular weight excluding hydrogens is 246 g/mol. The highest BCUT2D eigenvalue weighted by molar-refractivity contribution is 5.58. The Morgan fingerprint density at radius 1 is 1.53 bits per heavy atom. The molecule has 7 heteroatoms. The first-order chi connectivity index (χ1) is 9.11. The molecule has 1 aromatic heterocycles. The second kappa shape index (κ2) is 5.81. The Hall–Kier alpha value is -1.92. The fourth-order valence-corrected chi connectivity index (χ4v) is 2.58. The van der Waals surface area contributed by atoms with Gasteiger partial charge in [0.25, 0.3) is 0 Å². The quantitative estimate of drug-likeness (QED) is 0.660. The second-order valence-corrected chi connectivity index (χ2v) is 4.91. The van der Waals surface area contributed by atoms with Gasteiger partial charge in [0.15, 0.2) is 0 Å². The number of nitrogen functional groups attached to an aromatic ring is 1. The van der Waals surface area contributed by atoms with Gasteiger partial charge in [-0.05, 0) is 18.8 Å². The van der Waals surface area contributed by atoms with E-state index in [2.05, 4.69) is 16.9 Å². The van der Waals surface area contributed by atoms with Crippen LogP contribution in [0.5, 0.6) is 0 Å². The van der Waals surface area contributed by atoms with E-state index in [1.165, 1.54) is 19.0 Å². The van der Waals surface area contributed by atoms with E-state index in [4.69, 9.17) is 5.73 Å². The maximum atomic E-state index is 11.0. The lowest BCUT2D eigenvalue weighted by molar-refractivity contribution is -0.384. The van der Waals surface area contributed by atoms with Crippen LogP contribution < -0.4 is 10.6 Å². The number of rotatable bonds is 4. The predicted octanol–water partition coefficient (Wildman–Crippen LogP) is 1.98. The van der Waals surface area contributed by atoms with Gasteiger partial charge in [-0.3, -0.25) is 10.1 Å². The number of hydrogen-bond acceptors (Lipinski definition) is 6. The Kier molecular flexibility index (Phi) is 4.13. The van der Waals surface area contributed by atoms with Crippen molar-refractivity contribution in [1.82, 2.24) is 9.97 Å². The molecule has 2 N–H and O–H groups in total. The van der Waals surface area contributed by atoms with Gasteiger partial charge in [0.2, 0.25) is 11.8 Å². The summed E-state index contributed by atoms with van der Waals surface area (Å²) in [5.41, 5.74) is 5.47. The Morgan fingerprint density at radius 2 is 2.21 bits per heavy atom. The van der Waals surface area contributed by atoms with Crippen LogP contribution >= 0.6 is 0 Å². The first-order valence-corrected chi connectivity index (χ1v) is 6.63. The number of anilines is 2. The van der Waals surface area contributed by atoms with Gasteiger partial charge in [-0.1, -0.05) is 19.8 Å². The molecule has 0 unspecified atom stereocenters. The fourth-order valence-electron chi connectivity index (χ4n) is 2.58. The van der Waals surface area contributed by atoms with Crippen molar-refractivity contribution in [2.75, 3.05) is 23.7 Å². The van der Waals surface area contributed by atoms with Gasteiger partial charge < -0.3 is 10.6 Å². The lowest BCUT2D eigenvalue weighted by Gasteiger charge is -2.32. The molecule has 2 rings (SSSR count). The molecule has 0 aromatic carbocycles. The van der Waals surface area contributed by atoms with Crippen LogP contribution in [0.1, 0.15) is 32.6 Å². The Morgan fingerprint density at radius 3 is 2.79 bits per heavy atom. The normalized spacial score (nSPS) is 16.6. The van der Waals surface area contributed by atoms with Crippen LogP contribution in [0.15, 0.2) is 6.20 Å². The van der Waals surface area contributed by atoms with Crippen LogP contribution in [-0.2, 0) is 0 Å². The highest BCUT2D eigenvalue weighted by atomic mass is 16.6. The molecule has 1 fully saturated rings. The summed E-state index contributed by atoms with van der Waals surface area (Å²) in [5.74, 6) is 1.16. The third kappa shape index (κ3) is 3.10. The van der Waals surface area contributed by atoms with E-state index in [1.54, 1.807) is 0 Å². The van der Waals surface area contributed by atoms with E-state index in [1.807, 2.05) is 4.90 Å². The molecule has 0 bridgehead atoms. The van der Waals surface area contributed by atoms with Crippen LogP contribution in [-0.4, -0.2) is 28.0 Å². The van der Waals surface area contributed by atoms with Crippen molar-refractivity contribution in [1.29, 1.82) is 0 Å². The number of nitrogens with two attached hydrogens (primary N) is 1. The fraction of sp³-hybridized carbons (Fsp3) is 0.667.